The molecule has 0 saturated heterocycles. The van der Waals surface area contributed by atoms with Crippen molar-refractivity contribution in [1.82, 2.24) is 9.97 Å². The number of carbonyl (C=O) groups excluding carboxylic acids is 1. The predicted octanol–water partition coefficient (Wildman–Crippen LogP) is 4.37. The minimum atomic E-state index is -0.973. The van der Waals surface area contributed by atoms with Crippen molar-refractivity contribution in [2.24, 2.45) is 0 Å². The summed E-state index contributed by atoms with van der Waals surface area (Å²) < 4.78 is 26.2. The van der Waals surface area contributed by atoms with Gasteiger partial charge in [0, 0.05) is 29.8 Å². The highest BCUT2D eigenvalue weighted by molar-refractivity contribution is 6.04. The first kappa shape index (κ1) is 17.5. The van der Waals surface area contributed by atoms with Crippen molar-refractivity contribution in [2.75, 3.05) is 10.6 Å². The van der Waals surface area contributed by atoms with Crippen LogP contribution in [0.4, 0.5) is 26.1 Å². The van der Waals surface area contributed by atoms with E-state index in [-0.39, 0.29) is 17.4 Å². The zero-order valence-electron chi connectivity index (χ0n) is 14.2. The molecule has 0 unspecified atom stereocenters. The number of nitrogens with zero attached hydrogens (tertiary/aromatic N) is 2. The molecule has 1 heterocycles. The second kappa shape index (κ2) is 7.26. The van der Waals surface area contributed by atoms with Gasteiger partial charge >= 0.3 is 0 Å². The van der Waals surface area contributed by atoms with Crippen molar-refractivity contribution in [1.29, 1.82) is 0 Å². The van der Waals surface area contributed by atoms with Gasteiger partial charge in [-0.15, -0.1) is 0 Å². The lowest BCUT2D eigenvalue weighted by atomic mass is 10.1. The van der Waals surface area contributed by atoms with E-state index in [1.54, 1.807) is 0 Å². The van der Waals surface area contributed by atoms with Crippen molar-refractivity contribution >= 4 is 23.2 Å². The third-order valence-corrected chi connectivity index (χ3v) is 3.81. The van der Waals surface area contributed by atoms with Crippen LogP contribution in [-0.4, -0.2) is 15.9 Å². The Morgan fingerprint density at radius 1 is 0.962 bits per heavy atom. The van der Waals surface area contributed by atoms with Crippen LogP contribution in [0.25, 0.3) is 0 Å². The molecule has 0 atom stereocenters. The first-order valence-corrected chi connectivity index (χ1v) is 7.86. The van der Waals surface area contributed by atoms with Crippen LogP contribution in [0.5, 0.6) is 0 Å². The van der Waals surface area contributed by atoms with Crippen LogP contribution >= 0.6 is 0 Å². The summed E-state index contributed by atoms with van der Waals surface area (Å²) >= 11 is 0. The molecule has 3 aromatic rings. The van der Waals surface area contributed by atoms with E-state index in [9.17, 15) is 13.6 Å². The molecular weight excluding hydrogens is 338 g/mol. The molecule has 2 aromatic carbocycles. The number of hydrogen-bond acceptors (Lipinski definition) is 4. The molecule has 3 rings (SSSR count). The Bertz CT molecular complexity index is 938. The summed E-state index contributed by atoms with van der Waals surface area (Å²) in [6.45, 7) is 3.82. The molecule has 0 aliphatic carbocycles. The maximum atomic E-state index is 13.2. The topological polar surface area (TPSA) is 66.9 Å². The van der Waals surface area contributed by atoms with E-state index in [1.807, 2.05) is 32.0 Å². The number of nitrogens with one attached hydrogen (secondary N) is 2. The summed E-state index contributed by atoms with van der Waals surface area (Å²) in [7, 11) is 0. The molecule has 0 spiro atoms. The third-order valence-electron chi connectivity index (χ3n) is 3.81. The van der Waals surface area contributed by atoms with E-state index in [0.29, 0.717) is 5.69 Å². The van der Waals surface area contributed by atoms with Crippen LogP contribution in [0.3, 0.4) is 0 Å². The summed E-state index contributed by atoms with van der Waals surface area (Å²) in [6.07, 6.45) is 2.72. The van der Waals surface area contributed by atoms with E-state index in [0.717, 1.165) is 28.9 Å². The molecule has 2 N–H and O–H groups in total. The number of aromatic nitrogens is 2. The number of hydrogen-bond donors (Lipinski definition) is 2. The van der Waals surface area contributed by atoms with Gasteiger partial charge < -0.3 is 10.6 Å². The molecule has 1 aromatic heterocycles. The van der Waals surface area contributed by atoms with Crippen LogP contribution in [-0.2, 0) is 0 Å². The van der Waals surface area contributed by atoms with Gasteiger partial charge in [0.05, 0.1) is 5.56 Å². The van der Waals surface area contributed by atoms with Crippen LogP contribution in [0, 0.1) is 25.5 Å². The highest BCUT2D eigenvalue weighted by Crippen LogP contribution is 2.20. The first-order valence-electron chi connectivity index (χ1n) is 7.86. The fraction of sp³-hybridized carbons (Fsp3) is 0.105. The van der Waals surface area contributed by atoms with Gasteiger partial charge in [-0.25, -0.2) is 18.7 Å². The second-order valence-electron chi connectivity index (χ2n) is 5.77. The molecule has 0 fully saturated rings. The van der Waals surface area contributed by atoms with Crippen molar-refractivity contribution in [3.8, 4) is 0 Å². The molecule has 132 valence electrons. The molecule has 0 aliphatic heterocycles. The standard InChI is InChI=1S/C19H16F2N4O/c1-11-4-3-5-12(2)17(11)25-18(26)13-9-22-19(23-10-13)24-14-6-7-15(20)16(21)8-14/h3-10H,1-2H3,(H,25,26)(H,22,23,24). The summed E-state index contributed by atoms with van der Waals surface area (Å²) in [5.74, 6) is -2.07. The van der Waals surface area contributed by atoms with Gasteiger partial charge in [0.2, 0.25) is 5.95 Å². The predicted molar refractivity (Wildman–Crippen MR) is 95.5 cm³/mol. The van der Waals surface area contributed by atoms with Gasteiger partial charge in [-0.1, -0.05) is 18.2 Å². The van der Waals surface area contributed by atoms with E-state index in [2.05, 4.69) is 20.6 Å². The Kier molecular flexibility index (Phi) is 4.88. The lowest BCUT2D eigenvalue weighted by molar-refractivity contribution is 0.102. The van der Waals surface area contributed by atoms with Crippen LogP contribution < -0.4 is 10.6 Å². The highest BCUT2D eigenvalue weighted by atomic mass is 19.2. The van der Waals surface area contributed by atoms with E-state index in [4.69, 9.17) is 0 Å². The molecule has 5 nitrogen and oxygen atoms in total. The molecule has 0 radical (unpaired) electrons. The minimum Gasteiger partial charge on any atom is -0.324 e. The first-order chi connectivity index (χ1) is 12.4. The molecule has 0 saturated carbocycles. The maximum Gasteiger partial charge on any atom is 0.258 e. The smallest absolute Gasteiger partial charge is 0.258 e. The van der Waals surface area contributed by atoms with Crippen molar-refractivity contribution in [3.63, 3.8) is 0 Å². The average molecular weight is 354 g/mol. The molecule has 1 amide bonds. The number of para-hydroxylation sites is 1. The summed E-state index contributed by atoms with van der Waals surface area (Å²) in [5.41, 5.74) is 3.24. The van der Waals surface area contributed by atoms with Crippen LogP contribution in [0.1, 0.15) is 21.5 Å². The van der Waals surface area contributed by atoms with Crippen molar-refractivity contribution in [2.45, 2.75) is 13.8 Å². The fourth-order valence-electron chi connectivity index (χ4n) is 2.41. The normalized spacial score (nSPS) is 10.5. The SMILES string of the molecule is Cc1cccc(C)c1NC(=O)c1cnc(Nc2ccc(F)c(F)c2)nc1. The number of aryl methyl sites for hydroxylation is 2. The van der Waals surface area contributed by atoms with Gasteiger partial charge in [-0.2, -0.15) is 0 Å². The van der Waals surface area contributed by atoms with Crippen LogP contribution in [0.15, 0.2) is 48.8 Å². The van der Waals surface area contributed by atoms with Gasteiger partial charge in [-0.3, -0.25) is 4.79 Å². The zero-order valence-corrected chi connectivity index (χ0v) is 14.2. The third kappa shape index (κ3) is 3.83. The number of halogens is 2. The zero-order chi connectivity index (χ0) is 18.7. The van der Waals surface area contributed by atoms with E-state index in [1.165, 1.54) is 18.5 Å². The van der Waals surface area contributed by atoms with Gasteiger partial charge in [0.1, 0.15) is 0 Å². The molecular formula is C19H16F2N4O. The van der Waals surface area contributed by atoms with Crippen molar-refractivity contribution < 1.29 is 13.6 Å². The number of anilines is 3. The Morgan fingerprint density at radius 2 is 1.62 bits per heavy atom. The Labute approximate surface area is 149 Å². The Balaban J connectivity index is 1.72. The monoisotopic (exact) mass is 354 g/mol. The number of rotatable bonds is 4. The second-order valence-corrected chi connectivity index (χ2v) is 5.77. The Morgan fingerprint density at radius 3 is 2.23 bits per heavy atom. The van der Waals surface area contributed by atoms with Gasteiger partial charge in [0.15, 0.2) is 11.6 Å². The van der Waals surface area contributed by atoms with Gasteiger partial charge in [0.25, 0.3) is 5.91 Å². The minimum absolute atomic E-state index is 0.166. The highest BCUT2D eigenvalue weighted by Gasteiger charge is 2.11. The fourth-order valence-corrected chi connectivity index (χ4v) is 2.41. The number of amides is 1. The van der Waals surface area contributed by atoms with E-state index < -0.39 is 11.6 Å². The lowest BCUT2D eigenvalue weighted by Crippen LogP contribution is -2.14. The molecule has 0 bridgehead atoms. The van der Waals surface area contributed by atoms with E-state index >= 15 is 0 Å². The molecule has 7 heteroatoms. The molecule has 0 aliphatic rings. The largest absolute Gasteiger partial charge is 0.324 e. The van der Waals surface area contributed by atoms with Crippen LogP contribution in [0.2, 0.25) is 0 Å². The Hall–Kier alpha value is -3.35. The summed E-state index contributed by atoms with van der Waals surface area (Å²) in [4.78, 5) is 20.4. The van der Waals surface area contributed by atoms with Crippen molar-refractivity contribution in [3.05, 3.63) is 77.1 Å². The van der Waals surface area contributed by atoms with Gasteiger partial charge in [-0.05, 0) is 37.1 Å². The molecule has 26 heavy (non-hydrogen) atoms. The number of carbonyl (C=O) groups is 1. The average Bonchev–Trinajstić information content (AvgIpc) is 2.62. The lowest BCUT2D eigenvalue weighted by Gasteiger charge is -2.11. The number of benzene rings is 2. The summed E-state index contributed by atoms with van der Waals surface area (Å²) in [5, 5.41) is 5.59. The summed E-state index contributed by atoms with van der Waals surface area (Å²) in [6, 6.07) is 9.11. The quantitative estimate of drug-likeness (QED) is 0.730. The maximum absolute atomic E-state index is 13.2.